The van der Waals surface area contributed by atoms with Crippen LogP contribution in [0.25, 0.3) is 0 Å². The number of phenolic OH excluding ortho intramolecular Hbond substituents is 1. The van der Waals surface area contributed by atoms with Crippen LogP contribution >= 0.6 is 0 Å². The molecule has 0 aliphatic carbocycles. The van der Waals surface area contributed by atoms with Crippen LogP contribution in [0.3, 0.4) is 0 Å². The molecule has 0 spiro atoms. The van der Waals surface area contributed by atoms with E-state index in [0.29, 0.717) is 5.75 Å². The van der Waals surface area contributed by atoms with E-state index in [1.54, 1.807) is 0 Å². The lowest BCUT2D eigenvalue weighted by atomic mass is 10.0. The first kappa shape index (κ1) is 10.1. The number of hydrogen-bond donors (Lipinski definition) is 2. The standard InChI is InChI=1S/C11H16O2/c1-3-9-5-8(7-12)6-10(4-2)11(9)13/h5-6,12-13H,3-4,7H2,1-2H3. The smallest absolute Gasteiger partial charge is 0.121 e. The normalized spacial score (nSPS) is 10.4. The molecule has 0 amide bonds. The van der Waals surface area contributed by atoms with Crippen molar-refractivity contribution in [3.8, 4) is 5.75 Å². The first-order chi connectivity index (χ1) is 6.22. The van der Waals surface area contributed by atoms with Gasteiger partial charge in [0, 0.05) is 0 Å². The highest BCUT2D eigenvalue weighted by molar-refractivity contribution is 5.43. The predicted octanol–water partition coefficient (Wildman–Crippen LogP) is 2.01. The zero-order chi connectivity index (χ0) is 9.84. The second-order valence-electron chi connectivity index (χ2n) is 3.13. The van der Waals surface area contributed by atoms with Gasteiger partial charge >= 0.3 is 0 Å². The van der Waals surface area contributed by atoms with E-state index in [0.717, 1.165) is 29.5 Å². The zero-order valence-electron chi connectivity index (χ0n) is 8.17. The number of aryl methyl sites for hydroxylation is 2. The van der Waals surface area contributed by atoms with Gasteiger partial charge in [-0.25, -0.2) is 0 Å². The van der Waals surface area contributed by atoms with Crippen molar-refractivity contribution in [3.63, 3.8) is 0 Å². The molecule has 0 atom stereocenters. The number of aliphatic hydroxyl groups is 1. The minimum Gasteiger partial charge on any atom is -0.507 e. The third-order valence-corrected chi connectivity index (χ3v) is 2.27. The van der Waals surface area contributed by atoms with Crippen molar-refractivity contribution < 1.29 is 10.2 Å². The fourth-order valence-corrected chi connectivity index (χ4v) is 1.46. The highest BCUT2D eigenvalue weighted by atomic mass is 16.3. The van der Waals surface area contributed by atoms with Gasteiger partial charge in [-0.15, -0.1) is 0 Å². The van der Waals surface area contributed by atoms with E-state index < -0.39 is 0 Å². The monoisotopic (exact) mass is 180 g/mol. The molecule has 0 heterocycles. The SMILES string of the molecule is CCc1cc(CO)cc(CC)c1O. The molecule has 0 aliphatic heterocycles. The van der Waals surface area contributed by atoms with Gasteiger partial charge in [-0.05, 0) is 41.7 Å². The molecule has 1 aromatic carbocycles. The molecule has 0 fully saturated rings. The summed E-state index contributed by atoms with van der Waals surface area (Å²) in [5.41, 5.74) is 2.72. The van der Waals surface area contributed by atoms with Gasteiger partial charge in [0.15, 0.2) is 0 Å². The van der Waals surface area contributed by atoms with Gasteiger partial charge in [-0.3, -0.25) is 0 Å². The van der Waals surface area contributed by atoms with Crippen LogP contribution < -0.4 is 0 Å². The van der Waals surface area contributed by atoms with Gasteiger partial charge in [-0.1, -0.05) is 13.8 Å². The molecule has 0 radical (unpaired) electrons. The van der Waals surface area contributed by atoms with Crippen LogP contribution in [0.2, 0.25) is 0 Å². The summed E-state index contributed by atoms with van der Waals surface area (Å²) in [6, 6.07) is 3.71. The molecule has 13 heavy (non-hydrogen) atoms. The molecule has 0 unspecified atom stereocenters. The minimum atomic E-state index is 0.0419. The van der Waals surface area contributed by atoms with Crippen LogP contribution in [-0.2, 0) is 19.4 Å². The molecule has 72 valence electrons. The van der Waals surface area contributed by atoms with Crippen LogP contribution in [0.15, 0.2) is 12.1 Å². The van der Waals surface area contributed by atoms with E-state index in [1.807, 2.05) is 26.0 Å². The summed E-state index contributed by atoms with van der Waals surface area (Å²) in [5.74, 6) is 0.391. The highest BCUT2D eigenvalue weighted by Gasteiger charge is 2.06. The van der Waals surface area contributed by atoms with Crippen molar-refractivity contribution in [2.45, 2.75) is 33.3 Å². The first-order valence-electron chi connectivity index (χ1n) is 4.67. The quantitative estimate of drug-likeness (QED) is 0.747. The number of rotatable bonds is 3. The molecule has 0 aromatic heterocycles. The largest absolute Gasteiger partial charge is 0.507 e. The minimum absolute atomic E-state index is 0.0419. The molecular weight excluding hydrogens is 164 g/mol. The fourth-order valence-electron chi connectivity index (χ4n) is 1.46. The maximum absolute atomic E-state index is 9.73. The number of aromatic hydroxyl groups is 1. The van der Waals surface area contributed by atoms with Crippen molar-refractivity contribution in [1.82, 2.24) is 0 Å². The summed E-state index contributed by atoms with van der Waals surface area (Å²) in [6.07, 6.45) is 1.60. The summed E-state index contributed by atoms with van der Waals surface area (Å²) >= 11 is 0. The Labute approximate surface area is 78.8 Å². The van der Waals surface area contributed by atoms with Gasteiger partial charge in [0.2, 0.25) is 0 Å². The van der Waals surface area contributed by atoms with Crippen molar-refractivity contribution in [1.29, 1.82) is 0 Å². The second kappa shape index (κ2) is 4.28. The molecule has 0 saturated heterocycles. The summed E-state index contributed by atoms with van der Waals surface area (Å²) < 4.78 is 0. The average Bonchev–Trinajstić information content (AvgIpc) is 2.18. The average molecular weight is 180 g/mol. The van der Waals surface area contributed by atoms with Gasteiger partial charge in [0.1, 0.15) is 5.75 Å². The molecule has 0 saturated carbocycles. The number of hydrogen-bond acceptors (Lipinski definition) is 2. The molecule has 2 N–H and O–H groups in total. The van der Waals surface area contributed by atoms with Crippen molar-refractivity contribution in [2.75, 3.05) is 0 Å². The summed E-state index contributed by atoms with van der Waals surface area (Å²) in [4.78, 5) is 0. The van der Waals surface area contributed by atoms with Crippen LogP contribution in [0.1, 0.15) is 30.5 Å². The van der Waals surface area contributed by atoms with Crippen LogP contribution in [-0.4, -0.2) is 10.2 Å². The number of aliphatic hydroxyl groups excluding tert-OH is 1. The van der Waals surface area contributed by atoms with Gasteiger partial charge in [0.05, 0.1) is 6.61 Å². The topological polar surface area (TPSA) is 40.5 Å². The van der Waals surface area contributed by atoms with Crippen LogP contribution in [0.5, 0.6) is 5.75 Å². The Balaban J connectivity index is 3.20. The molecule has 0 bridgehead atoms. The highest BCUT2D eigenvalue weighted by Crippen LogP contribution is 2.25. The molecule has 2 nitrogen and oxygen atoms in total. The maximum atomic E-state index is 9.73. The molecule has 0 aliphatic rings. The predicted molar refractivity (Wildman–Crippen MR) is 52.8 cm³/mol. The molecule has 1 rings (SSSR count). The lowest BCUT2D eigenvalue weighted by Crippen LogP contribution is -1.93. The second-order valence-corrected chi connectivity index (χ2v) is 3.13. The third-order valence-electron chi connectivity index (χ3n) is 2.27. The van der Waals surface area contributed by atoms with Gasteiger partial charge in [0.25, 0.3) is 0 Å². The Hall–Kier alpha value is -1.02. The summed E-state index contributed by atoms with van der Waals surface area (Å²) in [7, 11) is 0. The lowest BCUT2D eigenvalue weighted by Gasteiger charge is -2.09. The third kappa shape index (κ3) is 2.01. The Morgan fingerprint density at radius 2 is 1.54 bits per heavy atom. The van der Waals surface area contributed by atoms with Gasteiger partial charge < -0.3 is 10.2 Å². The van der Waals surface area contributed by atoms with Gasteiger partial charge in [-0.2, -0.15) is 0 Å². The van der Waals surface area contributed by atoms with Crippen molar-refractivity contribution in [3.05, 3.63) is 28.8 Å². The van der Waals surface area contributed by atoms with E-state index >= 15 is 0 Å². The number of phenols is 1. The summed E-state index contributed by atoms with van der Waals surface area (Å²) in [6.45, 7) is 4.03. The van der Waals surface area contributed by atoms with Crippen LogP contribution in [0, 0.1) is 0 Å². The molecular formula is C11H16O2. The Bertz CT molecular complexity index is 267. The van der Waals surface area contributed by atoms with E-state index in [-0.39, 0.29) is 6.61 Å². The van der Waals surface area contributed by atoms with Crippen molar-refractivity contribution in [2.24, 2.45) is 0 Å². The Morgan fingerprint density at radius 3 is 1.85 bits per heavy atom. The van der Waals surface area contributed by atoms with E-state index in [1.165, 1.54) is 0 Å². The summed E-state index contributed by atoms with van der Waals surface area (Å²) in [5, 5.41) is 18.7. The zero-order valence-corrected chi connectivity index (χ0v) is 8.17. The van der Waals surface area contributed by atoms with E-state index in [9.17, 15) is 5.11 Å². The molecule has 1 aromatic rings. The van der Waals surface area contributed by atoms with E-state index in [2.05, 4.69) is 0 Å². The maximum Gasteiger partial charge on any atom is 0.121 e. The molecule has 2 heteroatoms. The number of benzene rings is 1. The fraction of sp³-hybridized carbons (Fsp3) is 0.455. The first-order valence-corrected chi connectivity index (χ1v) is 4.67. The van der Waals surface area contributed by atoms with Crippen molar-refractivity contribution >= 4 is 0 Å². The Morgan fingerprint density at radius 1 is 1.08 bits per heavy atom. The Kier molecular flexibility index (Phi) is 3.32. The lowest BCUT2D eigenvalue weighted by molar-refractivity contribution is 0.281. The van der Waals surface area contributed by atoms with E-state index in [4.69, 9.17) is 5.11 Å². The van der Waals surface area contributed by atoms with Crippen LogP contribution in [0.4, 0.5) is 0 Å².